The number of nitrogens with zero attached hydrogens (tertiary/aromatic N) is 2. The smallest absolute Gasteiger partial charge is 0.321 e. The van der Waals surface area contributed by atoms with Crippen LogP contribution in [-0.4, -0.2) is 35.6 Å². The van der Waals surface area contributed by atoms with E-state index >= 15 is 0 Å². The molecule has 1 amide bonds. The van der Waals surface area contributed by atoms with Crippen LogP contribution in [0, 0.1) is 0 Å². The van der Waals surface area contributed by atoms with Crippen molar-refractivity contribution in [1.29, 1.82) is 0 Å². The molecule has 2 aromatic rings. The number of fused-ring (bicyclic) bond motifs is 1. The molecule has 29 heavy (non-hydrogen) atoms. The first-order valence-electron chi connectivity index (χ1n) is 9.43. The lowest BCUT2D eigenvalue weighted by Crippen LogP contribution is -2.17. The minimum atomic E-state index is -4.50. The van der Waals surface area contributed by atoms with Crippen LogP contribution in [0.3, 0.4) is 0 Å². The van der Waals surface area contributed by atoms with E-state index in [0.717, 1.165) is 36.2 Å². The monoisotopic (exact) mass is 427 g/mol. The number of hydrogen-bond acceptors (Lipinski definition) is 4. The van der Waals surface area contributed by atoms with Crippen molar-refractivity contribution < 1.29 is 26.4 Å². The van der Waals surface area contributed by atoms with Gasteiger partial charge in [-0.2, -0.15) is 18.3 Å². The molecule has 156 valence electrons. The molecule has 6 nitrogen and oxygen atoms in total. The molecule has 1 saturated heterocycles. The number of anilines is 1. The van der Waals surface area contributed by atoms with Crippen LogP contribution in [0.25, 0.3) is 0 Å². The lowest BCUT2D eigenvalue weighted by atomic mass is 9.95. The Balaban J connectivity index is 1.64. The van der Waals surface area contributed by atoms with Gasteiger partial charge in [0.15, 0.2) is 15.5 Å². The van der Waals surface area contributed by atoms with Crippen LogP contribution >= 0.6 is 0 Å². The molecule has 1 N–H and O–H groups in total. The standard InChI is InChI=1S/C19H20F3N3O3S/c20-19(21,22)12-4-3-5-13(10-12)23-18(26)17-15-6-1-2-7-16(15)25(24-17)14-8-9-29(27,28)11-14/h3-5,10,14H,1-2,6-9,11H2,(H,23,26)/t14-/m0/s1. The van der Waals surface area contributed by atoms with Crippen molar-refractivity contribution in [1.82, 2.24) is 9.78 Å². The van der Waals surface area contributed by atoms with Crippen LogP contribution in [0.2, 0.25) is 0 Å². The van der Waals surface area contributed by atoms with Crippen molar-refractivity contribution >= 4 is 21.4 Å². The summed E-state index contributed by atoms with van der Waals surface area (Å²) in [4.78, 5) is 12.8. The zero-order chi connectivity index (χ0) is 20.8. The summed E-state index contributed by atoms with van der Waals surface area (Å²) in [5, 5.41) is 6.93. The van der Waals surface area contributed by atoms with Gasteiger partial charge in [0.25, 0.3) is 5.91 Å². The quantitative estimate of drug-likeness (QED) is 0.814. The average molecular weight is 427 g/mol. The van der Waals surface area contributed by atoms with E-state index in [0.29, 0.717) is 19.3 Å². The second kappa shape index (κ2) is 7.16. The van der Waals surface area contributed by atoms with Crippen molar-refractivity contribution in [3.8, 4) is 0 Å². The van der Waals surface area contributed by atoms with Gasteiger partial charge in [-0.05, 0) is 50.3 Å². The molecule has 1 atom stereocenters. The van der Waals surface area contributed by atoms with Gasteiger partial charge in [-0.1, -0.05) is 6.07 Å². The second-order valence-electron chi connectivity index (χ2n) is 7.52. The first-order chi connectivity index (χ1) is 13.6. The largest absolute Gasteiger partial charge is 0.416 e. The van der Waals surface area contributed by atoms with Gasteiger partial charge in [0.1, 0.15) is 0 Å². The summed E-state index contributed by atoms with van der Waals surface area (Å²) in [6, 6.07) is 4.13. The number of sulfone groups is 1. The highest BCUT2D eigenvalue weighted by Crippen LogP contribution is 2.33. The summed E-state index contributed by atoms with van der Waals surface area (Å²) in [6.45, 7) is 0. The van der Waals surface area contributed by atoms with Crippen molar-refractivity contribution in [3.63, 3.8) is 0 Å². The Morgan fingerprint density at radius 3 is 2.66 bits per heavy atom. The van der Waals surface area contributed by atoms with Gasteiger partial charge in [-0.15, -0.1) is 0 Å². The van der Waals surface area contributed by atoms with Gasteiger partial charge in [-0.3, -0.25) is 9.48 Å². The fraction of sp³-hybridized carbons (Fsp3) is 0.474. The lowest BCUT2D eigenvalue weighted by Gasteiger charge is -2.17. The highest BCUT2D eigenvalue weighted by atomic mass is 32.2. The summed E-state index contributed by atoms with van der Waals surface area (Å²) >= 11 is 0. The molecule has 4 rings (SSSR count). The number of amides is 1. The molecule has 1 aliphatic heterocycles. The number of carbonyl (C=O) groups excluding carboxylic acids is 1. The minimum Gasteiger partial charge on any atom is -0.321 e. The molecule has 2 aliphatic rings. The van der Waals surface area contributed by atoms with Crippen LogP contribution in [0.5, 0.6) is 0 Å². The number of rotatable bonds is 3. The Bertz CT molecular complexity index is 1060. The predicted octanol–water partition coefficient (Wildman–Crippen LogP) is 3.39. The van der Waals surface area contributed by atoms with E-state index in [1.807, 2.05) is 0 Å². The van der Waals surface area contributed by atoms with Crippen molar-refractivity contribution in [2.75, 3.05) is 16.8 Å². The molecule has 0 bridgehead atoms. The number of hydrogen-bond donors (Lipinski definition) is 1. The van der Waals surface area contributed by atoms with E-state index in [4.69, 9.17) is 0 Å². The molecule has 0 saturated carbocycles. The number of halogens is 3. The van der Waals surface area contributed by atoms with Gasteiger partial charge in [0.2, 0.25) is 0 Å². The topological polar surface area (TPSA) is 81.1 Å². The zero-order valence-corrected chi connectivity index (χ0v) is 16.3. The van der Waals surface area contributed by atoms with Crippen molar-refractivity contribution in [2.24, 2.45) is 0 Å². The summed E-state index contributed by atoms with van der Waals surface area (Å²) < 4.78 is 64.1. The van der Waals surface area contributed by atoms with Gasteiger partial charge in [-0.25, -0.2) is 8.42 Å². The predicted molar refractivity (Wildman–Crippen MR) is 101 cm³/mol. The third-order valence-corrected chi connectivity index (χ3v) is 7.18. The Morgan fingerprint density at radius 2 is 1.97 bits per heavy atom. The minimum absolute atomic E-state index is 0.00416. The van der Waals surface area contributed by atoms with Crippen LogP contribution in [0.4, 0.5) is 18.9 Å². The number of nitrogens with one attached hydrogen (secondary N) is 1. The Kier molecular flexibility index (Phi) is 4.92. The number of carbonyl (C=O) groups is 1. The molecule has 0 spiro atoms. The summed E-state index contributed by atoms with van der Waals surface area (Å²) in [7, 11) is -3.12. The number of alkyl halides is 3. The van der Waals surface area contributed by atoms with E-state index < -0.39 is 27.5 Å². The second-order valence-corrected chi connectivity index (χ2v) is 9.74. The SMILES string of the molecule is O=C(Nc1cccc(C(F)(F)F)c1)c1nn([C@H]2CCS(=O)(=O)C2)c2c1CCCC2. The summed E-state index contributed by atoms with van der Waals surface area (Å²) in [5.74, 6) is -0.490. The van der Waals surface area contributed by atoms with Crippen molar-refractivity contribution in [3.05, 3.63) is 46.8 Å². The Morgan fingerprint density at radius 1 is 1.21 bits per heavy atom. The van der Waals surface area contributed by atoms with E-state index in [2.05, 4.69) is 10.4 Å². The van der Waals surface area contributed by atoms with Gasteiger partial charge >= 0.3 is 6.18 Å². The average Bonchev–Trinajstić information content (AvgIpc) is 3.21. The Labute approximate surface area is 166 Å². The van der Waals surface area contributed by atoms with E-state index in [-0.39, 0.29) is 28.9 Å². The normalized spacial score (nSPS) is 21.0. The van der Waals surface area contributed by atoms with E-state index in [1.54, 1.807) is 4.68 Å². The Hall–Kier alpha value is -2.36. The maximum absolute atomic E-state index is 12.9. The molecule has 1 aromatic heterocycles. The fourth-order valence-corrected chi connectivity index (χ4v) is 5.73. The first kappa shape index (κ1) is 19.9. The summed E-state index contributed by atoms with van der Waals surface area (Å²) in [5.41, 5.74) is 0.991. The van der Waals surface area contributed by atoms with Crippen LogP contribution in [0.15, 0.2) is 24.3 Å². The molecule has 10 heteroatoms. The first-order valence-corrected chi connectivity index (χ1v) is 11.3. The molecule has 1 aliphatic carbocycles. The maximum atomic E-state index is 12.9. The highest BCUT2D eigenvalue weighted by Gasteiger charge is 2.35. The lowest BCUT2D eigenvalue weighted by molar-refractivity contribution is -0.137. The van der Waals surface area contributed by atoms with Crippen molar-refractivity contribution in [2.45, 2.75) is 44.3 Å². The molecule has 0 unspecified atom stereocenters. The van der Waals surface area contributed by atoms with Crippen LogP contribution < -0.4 is 5.32 Å². The van der Waals surface area contributed by atoms with Crippen LogP contribution in [0.1, 0.15) is 52.6 Å². The van der Waals surface area contributed by atoms with Gasteiger partial charge < -0.3 is 5.32 Å². The molecule has 1 aromatic carbocycles. The molecule has 2 heterocycles. The molecular formula is C19H20F3N3O3S. The summed E-state index contributed by atoms with van der Waals surface area (Å²) in [6.07, 6.45) is -0.908. The highest BCUT2D eigenvalue weighted by molar-refractivity contribution is 7.91. The third-order valence-electron chi connectivity index (χ3n) is 5.43. The number of benzene rings is 1. The zero-order valence-electron chi connectivity index (χ0n) is 15.5. The number of aromatic nitrogens is 2. The fourth-order valence-electron chi connectivity index (χ4n) is 4.04. The molecule has 0 radical (unpaired) electrons. The molecule has 1 fully saturated rings. The van der Waals surface area contributed by atoms with Crippen LogP contribution in [-0.2, 0) is 28.9 Å². The van der Waals surface area contributed by atoms with Gasteiger partial charge in [0, 0.05) is 16.9 Å². The van der Waals surface area contributed by atoms with E-state index in [9.17, 15) is 26.4 Å². The third kappa shape index (κ3) is 4.03. The van der Waals surface area contributed by atoms with E-state index in [1.165, 1.54) is 12.1 Å². The molecular weight excluding hydrogens is 407 g/mol. The van der Waals surface area contributed by atoms with Gasteiger partial charge in [0.05, 0.1) is 23.1 Å². The maximum Gasteiger partial charge on any atom is 0.416 e.